The number of benzene rings is 2. The predicted molar refractivity (Wildman–Crippen MR) is 104 cm³/mol. The Morgan fingerprint density at radius 2 is 1.76 bits per heavy atom. The Bertz CT molecular complexity index is 981. The molecule has 3 rings (SSSR count). The van der Waals surface area contributed by atoms with Crippen molar-refractivity contribution in [1.29, 1.82) is 0 Å². The maximum Gasteiger partial charge on any atom is 0.279 e. The van der Waals surface area contributed by atoms with Gasteiger partial charge in [-0.3, -0.25) is 4.79 Å². The lowest BCUT2D eigenvalue weighted by molar-refractivity contribution is 0.0998. The van der Waals surface area contributed by atoms with Crippen LogP contribution in [0.1, 0.15) is 33.3 Å². The number of hydrogen-bond donors (Lipinski definition) is 0. The highest BCUT2D eigenvalue weighted by atomic mass is 32.1. The Kier molecular flexibility index (Phi) is 5.00. The molecule has 3 aromatic rings. The van der Waals surface area contributed by atoms with Gasteiger partial charge in [-0.15, -0.1) is 11.3 Å². The standard InChI is InChI=1S/C21H22N2OS/c1-5-23-19(18-12-11-14(2)15(3)13-18)16(4)25-21(23)22-20(24)17-9-7-6-8-10-17/h6-13H,5H2,1-4H3. The van der Waals surface area contributed by atoms with Crippen LogP contribution in [0.3, 0.4) is 0 Å². The Morgan fingerprint density at radius 3 is 2.40 bits per heavy atom. The van der Waals surface area contributed by atoms with Crippen LogP contribution in [0.2, 0.25) is 0 Å². The summed E-state index contributed by atoms with van der Waals surface area (Å²) in [5.41, 5.74) is 5.49. The van der Waals surface area contributed by atoms with Gasteiger partial charge in [-0.25, -0.2) is 0 Å². The molecule has 0 aliphatic carbocycles. The van der Waals surface area contributed by atoms with Crippen molar-refractivity contribution in [3.63, 3.8) is 0 Å². The molecule has 1 aromatic heterocycles. The third-order valence-corrected chi connectivity index (χ3v) is 5.39. The van der Waals surface area contributed by atoms with Gasteiger partial charge in [0, 0.05) is 17.0 Å². The molecule has 0 bridgehead atoms. The second-order valence-corrected chi connectivity index (χ2v) is 7.30. The summed E-state index contributed by atoms with van der Waals surface area (Å²) in [5, 5.41) is 0. The second-order valence-electron chi connectivity index (χ2n) is 6.12. The number of rotatable bonds is 3. The van der Waals surface area contributed by atoms with Gasteiger partial charge in [0.1, 0.15) is 0 Å². The highest BCUT2D eigenvalue weighted by Crippen LogP contribution is 2.27. The van der Waals surface area contributed by atoms with Crippen LogP contribution >= 0.6 is 11.3 Å². The van der Waals surface area contributed by atoms with Crippen molar-refractivity contribution in [2.24, 2.45) is 4.99 Å². The summed E-state index contributed by atoms with van der Waals surface area (Å²) in [5.74, 6) is -0.198. The van der Waals surface area contributed by atoms with Gasteiger partial charge in [0.15, 0.2) is 4.80 Å². The van der Waals surface area contributed by atoms with Crippen LogP contribution < -0.4 is 4.80 Å². The zero-order valence-electron chi connectivity index (χ0n) is 15.0. The number of nitrogens with zero attached hydrogens (tertiary/aromatic N) is 2. The molecule has 0 unspecified atom stereocenters. The van der Waals surface area contributed by atoms with Crippen molar-refractivity contribution in [1.82, 2.24) is 4.57 Å². The molecule has 0 saturated heterocycles. The zero-order valence-corrected chi connectivity index (χ0v) is 15.9. The van der Waals surface area contributed by atoms with Crippen LogP contribution in [-0.2, 0) is 6.54 Å². The van der Waals surface area contributed by atoms with E-state index in [1.165, 1.54) is 21.6 Å². The molecule has 0 spiro atoms. The molecule has 0 fully saturated rings. The van der Waals surface area contributed by atoms with Crippen LogP contribution in [0.15, 0.2) is 53.5 Å². The lowest BCUT2D eigenvalue weighted by Gasteiger charge is -2.09. The first-order valence-corrected chi connectivity index (χ1v) is 9.25. The summed E-state index contributed by atoms with van der Waals surface area (Å²) in [6.07, 6.45) is 0. The molecule has 0 N–H and O–H groups in total. The topological polar surface area (TPSA) is 34.4 Å². The van der Waals surface area contributed by atoms with Gasteiger partial charge < -0.3 is 4.57 Å². The number of thiazole rings is 1. The largest absolute Gasteiger partial charge is 0.316 e. The number of hydrogen-bond acceptors (Lipinski definition) is 2. The van der Waals surface area contributed by atoms with E-state index in [1.54, 1.807) is 23.5 Å². The van der Waals surface area contributed by atoms with Gasteiger partial charge in [-0.05, 0) is 62.6 Å². The molecule has 25 heavy (non-hydrogen) atoms. The third kappa shape index (κ3) is 3.49. The van der Waals surface area contributed by atoms with Crippen LogP contribution in [0.4, 0.5) is 0 Å². The van der Waals surface area contributed by atoms with Gasteiger partial charge in [0.25, 0.3) is 5.91 Å². The van der Waals surface area contributed by atoms with Crippen molar-refractivity contribution in [3.05, 3.63) is 74.9 Å². The van der Waals surface area contributed by atoms with Crippen molar-refractivity contribution in [3.8, 4) is 11.3 Å². The number of carbonyl (C=O) groups is 1. The predicted octanol–water partition coefficient (Wildman–Crippen LogP) is 4.90. The van der Waals surface area contributed by atoms with Crippen molar-refractivity contribution >= 4 is 17.2 Å². The molecule has 1 heterocycles. The number of amides is 1. The Morgan fingerprint density at radius 1 is 1.04 bits per heavy atom. The minimum atomic E-state index is -0.198. The van der Waals surface area contributed by atoms with Gasteiger partial charge >= 0.3 is 0 Å². The molecule has 1 amide bonds. The molecular formula is C21H22N2OS. The molecule has 2 aromatic carbocycles. The Balaban J connectivity index is 2.13. The molecule has 4 heteroatoms. The summed E-state index contributed by atoms with van der Waals surface area (Å²) in [4.78, 5) is 18.8. The fraction of sp³-hybridized carbons (Fsp3) is 0.238. The van der Waals surface area contributed by atoms with Crippen LogP contribution in [0, 0.1) is 20.8 Å². The van der Waals surface area contributed by atoms with E-state index in [0.29, 0.717) is 5.56 Å². The van der Waals surface area contributed by atoms with Crippen molar-refractivity contribution in [2.75, 3.05) is 0 Å². The molecule has 0 aliphatic heterocycles. The normalized spacial score (nSPS) is 11.8. The van der Waals surface area contributed by atoms with E-state index in [2.05, 4.69) is 55.5 Å². The van der Waals surface area contributed by atoms with Crippen molar-refractivity contribution in [2.45, 2.75) is 34.2 Å². The summed E-state index contributed by atoms with van der Waals surface area (Å²) in [6.45, 7) is 9.19. The first kappa shape index (κ1) is 17.4. The minimum Gasteiger partial charge on any atom is -0.316 e. The van der Waals surface area contributed by atoms with Gasteiger partial charge in [-0.1, -0.05) is 30.3 Å². The molecule has 0 atom stereocenters. The van der Waals surface area contributed by atoms with Crippen LogP contribution in [0.25, 0.3) is 11.3 Å². The summed E-state index contributed by atoms with van der Waals surface area (Å²) in [6, 6.07) is 15.7. The average Bonchev–Trinajstić information content (AvgIpc) is 2.93. The maximum atomic E-state index is 12.5. The Hall–Kier alpha value is -2.46. The van der Waals surface area contributed by atoms with Gasteiger partial charge in [0.2, 0.25) is 0 Å². The molecule has 0 aliphatic rings. The quantitative estimate of drug-likeness (QED) is 0.661. The highest BCUT2D eigenvalue weighted by Gasteiger charge is 2.13. The van der Waals surface area contributed by atoms with Crippen molar-refractivity contribution < 1.29 is 4.79 Å². The van der Waals surface area contributed by atoms with E-state index in [9.17, 15) is 4.79 Å². The van der Waals surface area contributed by atoms with E-state index in [4.69, 9.17) is 0 Å². The van der Waals surface area contributed by atoms with Crippen LogP contribution in [0.5, 0.6) is 0 Å². The lowest BCUT2D eigenvalue weighted by atomic mass is 10.0. The molecule has 0 radical (unpaired) electrons. The molecule has 128 valence electrons. The summed E-state index contributed by atoms with van der Waals surface area (Å²) < 4.78 is 2.13. The van der Waals surface area contributed by atoms with Gasteiger partial charge in [0.05, 0.1) is 5.69 Å². The maximum absolute atomic E-state index is 12.5. The average molecular weight is 350 g/mol. The smallest absolute Gasteiger partial charge is 0.279 e. The van der Waals surface area contributed by atoms with E-state index < -0.39 is 0 Å². The van der Waals surface area contributed by atoms with Crippen LogP contribution in [-0.4, -0.2) is 10.5 Å². The van der Waals surface area contributed by atoms with E-state index >= 15 is 0 Å². The monoisotopic (exact) mass is 350 g/mol. The molecule has 0 saturated carbocycles. The fourth-order valence-corrected chi connectivity index (χ4v) is 3.94. The fourth-order valence-electron chi connectivity index (χ4n) is 2.88. The van der Waals surface area contributed by atoms with E-state index in [-0.39, 0.29) is 5.91 Å². The first-order valence-electron chi connectivity index (χ1n) is 8.43. The third-order valence-electron chi connectivity index (χ3n) is 4.39. The van der Waals surface area contributed by atoms with E-state index in [1.807, 2.05) is 18.2 Å². The SMILES string of the molecule is CCn1c(-c2ccc(C)c(C)c2)c(C)sc1=NC(=O)c1ccccc1. The lowest BCUT2D eigenvalue weighted by Crippen LogP contribution is -2.17. The highest BCUT2D eigenvalue weighted by molar-refractivity contribution is 7.09. The number of carbonyl (C=O) groups excluding carboxylic acids is 1. The van der Waals surface area contributed by atoms with E-state index in [0.717, 1.165) is 17.0 Å². The minimum absolute atomic E-state index is 0.198. The summed E-state index contributed by atoms with van der Waals surface area (Å²) >= 11 is 1.57. The molecule has 3 nitrogen and oxygen atoms in total. The number of aromatic nitrogens is 1. The first-order chi connectivity index (χ1) is 12.0. The van der Waals surface area contributed by atoms with Gasteiger partial charge in [-0.2, -0.15) is 4.99 Å². The summed E-state index contributed by atoms with van der Waals surface area (Å²) in [7, 11) is 0. The second kappa shape index (κ2) is 7.19. The Labute approximate surface area is 152 Å². The zero-order chi connectivity index (χ0) is 18.0. The molecular weight excluding hydrogens is 328 g/mol. The number of aryl methyl sites for hydroxylation is 3.